The van der Waals surface area contributed by atoms with Gasteiger partial charge in [0.1, 0.15) is 10.6 Å². The highest BCUT2D eigenvalue weighted by molar-refractivity contribution is 7.99. The largest absolute Gasteiger partial charge is 0.495 e. The third kappa shape index (κ3) is 4.91. The minimum Gasteiger partial charge on any atom is -0.495 e. The molecule has 0 saturated heterocycles. The van der Waals surface area contributed by atoms with Gasteiger partial charge in [-0.25, -0.2) is 9.78 Å². The molecule has 174 valence electrons. The van der Waals surface area contributed by atoms with Gasteiger partial charge in [-0.15, -0.1) is 11.3 Å². The van der Waals surface area contributed by atoms with Gasteiger partial charge in [-0.05, 0) is 57.2 Å². The fourth-order valence-corrected chi connectivity index (χ4v) is 6.01. The first-order valence-corrected chi connectivity index (χ1v) is 12.6. The summed E-state index contributed by atoms with van der Waals surface area (Å²) in [7, 11) is 1.55. The Kier molecular flexibility index (Phi) is 7.04. The van der Waals surface area contributed by atoms with E-state index in [2.05, 4.69) is 10.6 Å². The quantitative estimate of drug-likeness (QED) is 0.407. The minimum absolute atomic E-state index is 0.0658. The van der Waals surface area contributed by atoms with E-state index in [0.717, 1.165) is 43.0 Å². The van der Waals surface area contributed by atoms with Crippen LogP contribution in [0.15, 0.2) is 34.2 Å². The van der Waals surface area contributed by atoms with Crippen LogP contribution < -0.4 is 20.9 Å². The highest BCUT2D eigenvalue weighted by Crippen LogP contribution is 2.36. The molecule has 33 heavy (non-hydrogen) atoms. The fraction of sp³-hybridized carbons (Fsp3) is 0.391. The number of imide groups is 1. The van der Waals surface area contributed by atoms with Crippen molar-refractivity contribution in [2.45, 2.75) is 50.7 Å². The van der Waals surface area contributed by atoms with E-state index >= 15 is 0 Å². The van der Waals surface area contributed by atoms with Gasteiger partial charge in [0.2, 0.25) is 5.91 Å². The van der Waals surface area contributed by atoms with Gasteiger partial charge in [0.15, 0.2) is 5.16 Å². The summed E-state index contributed by atoms with van der Waals surface area (Å²) in [6.45, 7) is 3.62. The van der Waals surface area contributed by atoms with Crippen LogP contribution in [0.1, 0.15) is 37.1 Å². The molecule has 4 rings (SSSR count). The Morgan fingerprint density at radius 2 is 2.00 bits per heavy atom. The number of hydrogen-bond acceptors (Lipinski definition) is 7. The van der Waals surface area contributed by atoms with Gasteiger partial charge in [-0.1, -0.05) is 23.9 Å². The number of urea groups is 1. The third-order valence-electron chi connectivity index (χ3n) is 5.29. The average Bonchev–Trinajstić information content (AvgIpc) is 3.16. The molecule has 3 aromatic rings. The molecule has 0 aliphatic heterocycles. The number of thioether (sulfide) groups is 1. The van der Waals surface area contributed by atoms with E-state index < -0.39 is 11.9 Å². The van der Waals surface area contributed by atoms with Crippen LogP contribution in [0, 0.1) is 0 Å². The molecule has 0 unspecified atom stereocenters. The Morgan fingerprint density at radius 3 is 2.76 bits per heavy atom. The van der Waals surface area contributed by atoms with Crippen molar-refractivity contribution in [1.29, 1.82) is 0 Å². The molecular weight excluding hydrogens is 460 g/mol. The maximum absolute atomic E-state index is 13.8. The lowest BCUT2D eigenvalue weighted by atomic mass is 9.97. The van der Waals surface area contributed by atoms with E-state index in [1.54, 1.807) is 30.6 Å². The normalized spacial score (nSPS) is 13.1. The number of amides is 3. The maximum Gasteiger partial charge on any atom is 0.321 e. The van der Waals surface area contributed by atoms with Gasteiger partial charge in [-0.3, -0.25) is 19.5 Å². The van der Waals surface area contributed by atoms with Crippen LogP contribution in [0.2, 0.25) is 0 Å². The third-order valence-corrected chi connectivity index (χ3v) is 7.41. The van der Waals surface area contributed by atoms with E-state index in [1.807, 2.05) is 26.0 Å². The van der Waals surface area contributed by atoms with Crippen LogP contribution in [0.25, 0.3) is 15.9 Å². The molecule has 0 radical (unpaired) electrons. The van der Waals surface area contributed by atoms with E-state index in [9.17, 15) is 14.4 Å². The number of aromatic nitrogens is 2. The van der Waals surface area contributed by atoms with Crippen molar-refractivity contribution >= 4 is 45.3 Å². The summed E-state index contributed by atoms with van der Waals surface area (Å²) < 4.78 is 7.03. The molecule has 2 N–H and O–H groups in total. The van der Waals surface area contributed by atoms with Gasteiger partial charge in [-0.2, -0.15) is 0 Å². The van der Waals surface area contributed by atoms with Gasteiger partial charge in [0, 0.05) is 10.9 Å². The zero-order chi connectivity index (χ0) is 23.5. The summed E-state index contributed by atoms with van der Waals surface area (Å²) in [5, 5.41) is 5.97. The Labute approximate surface area is 199 Å². The second-order valence-corrected chi connectivity index (χ2v) is 10.1. The molecule has 1 aliphatic rings. The molecule has 8 nitrogen and oxygen atoms in total. The van der Waals surface area contributed by atoms with E-state index in [0.29, 0.717) is 26.8 Å². The van der Waals surface area contributed by atoms with Crippen molar-refractivity contribution in [2.24, 2.45) is 0 Å². The van der Waals surface area contributed by atoms with Gasteiger partial charge in [0.05, 0.1) is 23.9 Å². The molecule has 0 spiro atoms. The Balaban J connectivity index is 1.75. The average molecular weight is 487 g/mol. The van der Waals surface area contributed by atoms with Crippen molar-refractivity contribution in [3.05, 3.63) is 45.1 Å². The van der Waals surface area contributed by atoms with Crippen LogP contribution >= 0.6 is 23.1 Å². The summed E-state index contributed by atoms with van der Waals surface area (Å²) in [5.41, 5.74) is 1.50. The SMILES string of the molecule is COc1ccccc1-n1c(SCC(=O)NC(=O)NC(C)C)nc2sc3c(c2c1=O)CCCC3. The number of carbonyl (C=O) groups excluding carboxylic acids is 2. The fourth-order valence-electron chi connectivity index (χ4n) is 3.90. The highest BCUT2D eigenvalue weighted by Gasteiger charge is 2.24. The topological polar surface area (TPSA) is 102 Å². The Morgan fingerprint density at radius 1 is 1.24 bits per heavy atom. The first-order valence-electron chi connectivity index (χ1n) is 10.8. The number of benzene rings is 1. The number of rotatable bonds is 6. The van der Waals surface area contributed by atoms with Crippen LogP contribution in [-0.4, -0.2) is 40.4 Å². The van der Waals surface area contributed by atoms with Crippen molar-refractivity contribution in [1.82, 2.24) is 20.2 Å². The van der Waals surface area contributed by atoms with Crippen LogP contribution in [-0.2, 0) is 17.6 Å². The lowest BCUT2D eigenvalue weighted by Gasteiger charge is -2.16. The maximum atomic E-state index is 13.8. The minimum atomic E-state index is -0.549. The monoisotopic (exact) mass is 486 g/mol. The second-order valence-electron chi connectivity index (χ2n) is 8.06. The summed E-state index contributed by atoms with van der Waals surface area (Å²) in [4.78, 5) is 44.7. The number of methoxy groups -OCH3 is 1. The molecule has 1 aliphatic carbocycles. The van der Waals surface area contributed by atoms with Gasteiger partial charge < -0.3 is 10.1 Å². The second kappa shape index (κ2) is 9.96. The molecule has 0 fully saturated rings. The molecule has 2 aromatic heterocycles. The smallest absolute Gasteiger partial charge is 0.321 e. The molecule has 2 heterocycles. The summed E-state index contributed by atoms with van der Waals surface area (Å²) >= 11 is 2.68. The lowest BCUT2D eigenvalue weighted by molar-refractivity contribution is -0.117. The number of nitrogens with zero attached hydrogens (tertiary/aromatic N) is 2. The van der Waals surface area contributed by atoms with Crippen molar-refractivity contribution in [3.8, 4) is 11.4 Å². The number of nitrogens with one attached hydrogen (secondary N) is 2. The van der Waals surface area contributed by atoms with Gasteiger partial charge >= 0.3 is 6.03 Å². The number of fused-ring (bicyclic) bond motifs is 3. The van der Waals surface area contributed by atoms with Crippen molar-refractivity contribution in [3.63, 3.8) is 0 Å². The summed E-state index contributed by atoms with van der Waals surface area (Å²) in [6, 6.07) is 6.61. The molecule has 10 heteroatoms. The van der Waals surface area contributed by atoms with Crippen LogP contribution in [0.3, 0.4) is 0 Å². The summed E-state index contributed by atoms with van der Waals surface area (Å²) in [6.07, 6.45) is 4.00. The molecule has 1 aromatic carbocycles. The predicted molar refractivity (Wildman–Crippen MR) is 131 cm³/mol. The van der Waals surface area contributed by atoms with Gasteiger partial charge in [0.25, 0.3) is 5.56 Å². The molecule has 0 atom stereocenters. The summed E-state index contributed by atoms with van der Waals surface area (Å²) in [5.74, 6) is 0.000899. The Hall–Kier alpha value is -2.85. The Bertz CT molecular complexity index is 1270. The molecule has 0 saturated carbocycles. The number of hydrogen-bond donors (Lipinski definition) is 2. The van der Waals surface area contributed by atoms with E-state index in [-0.39, 0.29) is 17.4 Å². The molecular formula is C23H26N4O4S2. The standard InChI is InChI=1S/C23H26N4O4S2/c1-13(2)24-22(30)25-18(28)12-32-23-26-20-19(14-8-4-7-11-17(14)33-20)21(29)27(23)15-9-5-6-10-16(15)31-3/h5-6,9-10,13H,4,7-8,11-12H2,1-3H3,(H2,24,25,28,30). The van der Waals surface area contributed by atoms with Crippen molar-refractivity contribution < 1.29 is 14.3 Å². The lowest BCUT2D eigenvalue weighted by Crippen LogP contribution is -2.43. The molecule has 0 bridgehead atoms. The number of para-hydroxylation sites is 2. The van der Waals surface area contributed by atoms with Crippen molar-refractivity contribution in [2.75, 3.05) is 12.9 Å². The number of thiophene rings is 1. The number of carbonyl (C=O) groups is 2. The highest BCUT2D eigenvalue weighted by atomic mass is 32.2. The first kappa shape index (κ1) is 23.3. The first-order chi connectivity index (χ1) is 15.9. The number of aryl methyl sites for hydroxylation is 2. The van der Waals surface area contributed by atoms with Crippen LogP contribution in [0.5, 0.6) is 5.75 Å². The van der Waals surface area contributed by atoms with E-state index in [1.165, 1.54) is 9.44 Å². The van der Waals surface area contributed by atoms with Crippen LogP contribution in [0.4, 0.5) is 4.79 Å². The molecule has 3 amide bonds. The predicted octanol–water partition coefficient (Wildman–Crippen LogP) is 3.66. The zero-order valence-corrected chi connectivity index (χ0v) is 20.4. The number of ether oxygens (including phenoxy) is 1. The zero-order valence-electron chi connectivity index (χ0n) is 18.8. The van der Waals surface area contributed by atoms with E-state index in [4.69, 9.17) is 9.72 Å².